The van der Waals surface area contributed by atoms with Crippen LogP contribution in [0.3, 0.4) is 0 Å². The minimum absolute atomic E-state index is 0.00818. The molecule has 0 aliphatic heterocycles. The number of fused-ring (bicyclic) bond motifs is 2. The Hall–Kier alpha value is -2.87. The van der Waals surface area contributed by atoms with E-state index in [2.05, 4.69) is 31.9 Å². The molecule has 3 amide bonds. The second-order valence-corrected chi connectivity index (χ2v) is 11.6. The third kappa shape index (κ3) is 5.86. The Morgan fingerprint density at radius 2 is 1.29 bits per heavy atom. The standard InChI is InChI=1S/C27H32BrN3O4/c1-25(2,3)35-24(34)29-16-18-4-8-20(9-5-18)30-22(32)26-12-14-27(17-26,15-13-26)23(33)31-21-10-6-19(28)7-11-21/h4-11H,12-17H2,1-3H3,(H,29,34)(H,30,32)(H,31,33). The van der Waals surface area contributed by atoms with Crippen LogP contribution in [0.4, 0.5) is 16.2 Å². The quantitative estimate of drug-likeness (QED) is 0.417. The molecule has 2 fully saturated rings. The van der Waals surface area contributed by atoms with Crippen LogP contribution in [0.1, 0.15) is 58.4 Å². The van der Waals surface area contributed by atoms with Crippen molar-refractivity contribution < 1.29 is 19.1 Å². The second kappa shape index (κ2) is 9.64. The van der Waals surface area contributed by atoms with Crippen LogP contribution in [0.2, 0.25) is 0 Å². The second-order valence-electron chi connectivity index (χ2n) is 10.7. The molecule has 0 unspecified atom stereocenters. The highest BCUT2D eigenvalue weighted by Crippen LogP contribution is 2.62. The van der Waals surface area contributed by atoms with Crippen molar-refractivity contribution in [3.63, 3.8) is 0 Å². The summed E-state index contributed by atoms with van der Waals surface area (Å²) in [7, 11) is 0. The van der Waals surface area contributed by atoms with E-state index in [-0.39, 0.29) is 11.8 Å². The number of ether oxygens (including phenoxy) is 1. The van der Waals surface area contributed by atoms with Crippen LogP contribution in [-0.4, -0.2) is 23.5 Å². The maximum absolute atomic E-state index is 13.3. The molecule has 2 saturated carbocycles. The van der Waals surface area contributed by atoms with Crippen LogP contribution in [0, 0.1) is 10.8 Å². The zero-order chi connectivity index (χ0) is 25.3. The van der Waals surface area contributed by atoms with Crippen LogP contribution in [0.25, 0.3) is 0 Å². The van der Waals surface area contributed by atoms with Crippen molar-refractivity contribution in [2.75, 3.05) is 10.6 Å². The summed E-state index contributed by atoms with van der Waals surface area (Å²) in [5, 5.41) is 8.82. The Bertz CT molecular complexity index is 1100. The molecule has 0 aromatic heterocycles. The Morgan fingerprint density at radius 3 is 1.74 bits per heavy atom. The van der Waals surface area contributed by atoms with Gasteiger partial charge in [-0.3, -0.25) is 9.59 Å². The lowest BCUT2D eigenvalue weighted by molar-refractivity contribution is -0.125. The van der Waals surface area contributed by atoms with E-state index in [9.17, 15) is 14.4 Å². The SMILES string of the molecule is CC(C)(C)OC(=O)NCc1ccc(NC(=O)C23CCC(C(=O)Nc4ccc(Br)cc4)(CC2)C3)cc1. The predicted octanol–water partition coefficient (Wildman–Crippen LogP) is 6.00. The zero-order valence-electron chi connectivity index (χ0n) is 20.4. The third-order valence-corrected chi connectivity index (χ3v) is 7.48. The van der Waals surface area contributed by atoms with Crippen LogP contribution in [-0.2, 0) is 20.9 Å². The summed E-state index contributed by atoms with van der Waals surface area (Å²) in [4.78, 5) is 38.2. The largest absolute Gasteiger partial charge is 0.444 e. The lowest BCUT2D eigenvalue weighted by Gasteiger charge is -2.26. The number of hydrogen-bond acceptors (Lipinski definition) is 4. The summed E-state index contributed by atoms with van der Waals surface area (Å²) in [6.45, 7) is 5.79. The van der Waals surface area contributed by atoms with Gasteiger partial charge in [0.25, 0.3) is 0 Å². The number of rotatable bonds is 6. The zero-order valence-corrected chi connectivity index (χ0v) is 22.0. The molecule has 2 aromatic rings. The highest BCUT2D eigenvalue weighted by molar-refractivity contribution is 9.10. The van der Waals surface area contributed by atoms with Gasteiger partial charge in [0.1, 0.15) is 5.60 Å². The average Bonchev–Trinajstić information content (AvgIpc) is 3.39. The summed E-state index contributed by atoms with van der Waals surface area (Å²) in [6, 6.07) is 14.9. The van der Waals surface area contributed by atoms with Crippen molar-refractivity contribution >= 4 is 45.2 Å². The van der Waals surface area contributed by atoms with Crippen LogP contribution in [0.15, 0.2) is 53.0 Å². The number of carbonyl (C=O) groups is 3. The van der Waals surface area contributed by atoms with Crippen molar-refractivity contribution in [3.8, 4) is 0 Å². The van der Waals surface area contributed by atoms with Gasteiger partial charge in [-0.15, -0.1) is 0 Å². The van der Waals surface area contributed by atoms with E-state index in [1.54, 1.807) is 0 Å². The molecule has 0 spiro atoms. The fraction of sp³-hybridized carbons (Fsp3) is 0.444. The Morgan fingerprint density at radius 1 is 0.829 bits per heavy atom. The number of nitrogens with one attached hydrogen (secondary N) is 3. The van der Waals surface area contributed by atoms with Crippen LogP contribution >= 0.6 is 15.9 Å². The highest BCUT2D eigenvalue weighted by atomic mass is 79.9. The number of alkyl carbamates (subject to hydrolysis) is 1. The van der Waals surface area contributed by atoms with Crippen molar-refractivity contribution in [2.24, 2.45) is 10.8 Å². The van der Waals surface area contributed by atoms with Gasteiger partial charge in [-0.25, -0.2) is 4.79 Å². The van der Waals surface area contributed by atoms with E-state index in [1.807, 2.05) is 69.3 Å². The number of benzene rings is 2. The van der Waals surface area contributed by atoms with E-state index in [4.69, 9.17) is 4.74 Å². The fourth-order valence-electron chi connectivity index (χ4n) is 5.08. The Kier molecular flexibility index (Phi) is 6.95. The molecule has 0 heterocycles. The van der Waals surface area contributed by atoms with Crippen LogP contribution < -0.4 is 16.0 Å². The topological polar surface area (TPSA) is 96.5 Å². The minimum atomic E-state index is -0.546. The highest BCUT2D eigenvalue weighted by Gasteiger charge is 2.61. The van der Waals surface area contributed by atoms with E-state index in [0.717, 1.165) is 28.6 Å². The molecule has 4 rings (SSSR count). The van der Waals surface area contributed by atoms with Gasteiger partial charge in [0.2, 0.25) is 11.8 Å². The van der Waals surface area contributed by atoms with Gasteiger partial charge in [0.05, 0.1) is 10.8 Å². The molecule has 0 saturated heterocycles. The van der Waals surface area contributed by atoms with E-state index in [0.29, 0.717) is 31.5 Å². The number of anilines is 2. The molecule has 0 radical (unpaired) electrons. The van der Waals surface area contributed by atoms with Gasteiger partial charge in [-0.1, -0.05) is 28.1 Å². The van der Waals surface area contributed by atoms with Crippen molar-refractivity contribution in [1.29, 1.82) is 0 Å². The molecule has 2 aromatic carbocycles. The Labute approximate surface area is 214 Å². The molecular weight excluding hydrogens is 510 g/mol. The van der Waals surface area contributed by atoms with Gasteiger partial charge in [-0.2, -0.15) is 0 Å². The molecule has 8 heteroatoms. The van der Waals surface area contributed by atoms with Gasteiger partial charge < -0.3 is 20.7 Å². The Balaban J connectivity index is 1.32. The van der Waals surface area contributed by atoms with E-state index in [1.165, 1.54) is 0 Å². The summed E-state index contributed by atoms with van der Waals surface area (Å²) >= 11 is 3.41. The first kappa shape index (κ1) is 25.2. The summed E-state index contributed by atoms with van der Waals surface area (Å²) in [5.41, 5.74) is 0.833. The summed E-state index contributed by atoms with van der Waals surface area (Å²) < 4.78 is 6.20. The minimum Gasteiger partial charge on any atom is -0.444 e. The van der Waals surface area contributed by atoms with Crippen molar-refractivity contribution in [1.82, 2.24) is 5.32 Å². The number of carbonyl (C=O) groups excluding carboxylic acids is 3. The van der Waals surface area contributed by atoms with Gasteiger partial charge in [0.15, 0.2) is 0 Å². The molecule has 2 aliphatic carbocycles. The summed E-state index contributed by atoms with van der Waals surface area (Å²) in [5.74, 6) is -0.0122. The van der Waals surface area contributed by atoms with Gasteiger partial charge in [0, 0.05) is 22.4 Å². The monoisotopic (exact) mass is 541 g/mol. The summed E-state index contributed by atoms with van der Waals surface area (Å²) in [6.07, 6.45) is 2.97. The van der Waals surface area contributed by atoms with E-state index >= 15 is 0 Å². The molecule has 186 valence electrons. The maximum atomic E-state index is 13.3. The van der Waals surface area contributed by atoms with E-state index < -0.39 is 22.5 Å². The predicted molar refractivity (Wildman–Crippen MR) is 139 cm³/mol. The van der Waals surface area contributed by atoms with Crippen LogP contribution in [0.5, 0.6) is 0 Å². The number of halogens is 1. The van der Waals surface area contributed by atoms with Crippen molar-refractivity contribution in [3.05, 3.63) is 58.6 Å². The smallest absolute Gasteiger partial charge is 0.407 e. The third-order valence-electron chi connectivity index (χ3n) is 6.95. The first-order valence-electron chi connectivity index (χ1n) is 11.9. The molecule has 0 atom stereocenters. The molecule has 2 bridgehead atoms. The molecular formula is C27H32BrN3O4. The van der Waals surface area contributed by atoms with Gasteiger partial charge in [-0.05, 0) is 94.8 Å². The first-order chi connectivity index (χ1) is 16.5. The average molecular weight is 542 g/mol. The molecule has 3 N–H and O–H groups in total. The number of amides is 3. The number of hydrogen-bond donors (Lipinski definition) is 3. The fourth-order valence-corrected chi connectivity index (χ4v) is 5.34. The molecule has 2 aliphatic rings. The lowest BCUT2D eigenvalue weighted by Crippen LogP contribution is -2.32. The maximum Gasteiger partial charge on any atom is 0.407 e. The van der Waals surface area contributed by atoms with Crippen molar-refractivity contribution in [2.45, 2.75) is 65.0 Å². The first-order valence-corrected chi connectivity index (χ1v) is 12.7. The molecule has 35 heavy (non-hydrogen) atoms. The molecule has 7 nitrogen and oxygen atoms in total. The normalized spacial score (nSPS) is 23.0. The van der Waals surface area contributed by atoms with Gasteiger partial charge >= 0.3 is 6.09 Å². The lowest BCUT2D eigenvalue weighted by atomic mass is 9.81.